The maximum absolute atomic E-state index is 3.51. The molecule has 2 saturated heterocycles. The summed E-state index contributed by atoms with van der Waals surface area (Å²) in [6.07, 6.45) is 10.3. The molecule has 110 valence electrons. The van der Waals surface area contributed by atoms with Gasteiger partial charge in [0.1, 0.15) is 0 Å². The highest BCUT2D eigenvalue weighted by Crippen LogP contribution is 2.30. The Morgan fingerprint density at radius 3 is 2.21 bits per heavy atom. The standard InChI is InChI=1S/C16H31N3/c1-2-6-15(7-3-1)16(14-18-10-4-5-11-18)19-12-8-17-9-13-19/h15-17H,1-14H2. The predicted octanol–water partition coefficient (Wildman–Crippen LogP) is 1.94. The van der Waals surface area contributed by atoms with Crippen LogP contribution in [0.1, 0.15) is 44.9 Å². The van der Waals surface area contributed by atoms with E-state index < -0.39 is 0 Å². The van der Waals surface area contributed by atoms with E-state index in [9.17, 15) is 0 Å². The molecule has 1 unspecified atom stereocenters. The Kier molecular flexibility index (Phi) is 5.14. The summed E-state index contributed by atoms with van der Waals surface area (Å²) in [5.74, 6) is 0.979. The summed E-state index contributed by atoms with van der Waals surface area (Å²) in [5.41, 5.74) is 0. The van der Waals surface area contributed by atoms with Crippen molar-refractivity contribution in [1.29, 1.82) is 0 Å². The van der Waals surface area contributed by atoms with Crippen LogP contribution in [0.5, 0.6) is 0 Å². The summed E-state index contributed by atoms with van der Waals surface area (Å²) >= 11 is 0. The van der Waals surface area contributed by atoms with Crippen LogP contribution >= 0.6 is 0 Å². The highest BCUT2D eigenvalue weighted by Gasteiger charge is 2.31. The van der Waals surface area contributed by atoms with Crippen LogP contribution in [0.15, 0.2) is 0 Å². The van der Waals surface area contributed by atoms with Crippen LogP contribution in [0.25, 0.3) is 0 Å². The largest absolute Gasteiger partial charge is 0.314 e. The van der Waals surface area contributed by atoms with Gasteiger partial charge in [0.15, 0.2) is 0 Å². The van der Waals surface area contributed by atoms with Gasteiger partial charge < -0.3 is 10.2 Å². The Morgan fingerprint density at radius 1 is 0.842 bits per heavy atom. The molecular formula is C16H31N3. The maximum atomic E-state index is 3.51. The van der Waals surface area contributed by atoms with E-state index in [-0.39, 0.29) is 0 Å². The van der Waals surface area contributed by atoms with Crippen LogP contribution in [0.4, 0.5) is 0 Å². The summed E-state index contributed by atoms with van der Waals surface area (Å²) < 4.78 is 0. The molecule has 3 heteroatoms. The lowest BCUT2D eigenvalue weighted by Gasteiger charge is -2.42. The Labute approximate surface area is 118 Å². The second kappa shape index (κ2) is 7.05. The first-order chi connectivity index (χ1) is 9.43. The number of rotatable bonds is 4. The van der Waals surface area contributed by atoms with Crippen molar-refractivity contribution < 1.29 is 0 Å². The highest BCUT2D eigenvalue weighted by atomic mass is 15.3. The minimum absolute atomic E-state index is 0.848. The number of nitrogens with zero attached hydrogens (tertiary/aromatic N) is 2. The van der Waals surface area contributed by atoms with E-state index in [2.05, 4.69) is 15.1 Å². The smallest absolute Gasteiger partial charge is 0.0252 e. The summed E-state index contributed by atoms with van der Waals surface area (Å²) in [6, 6.07) is 0.848. The lowest BCUT2D eigenvalue weighted by atomic mass is 9.82. The monoisotopic (exact) mass is 265 g/mol. The summed E-state index contributed by atoms with van der Waals surface area (Å²) in [4.78, 5) is 5.55. The van der Waals surface area contributed by atoms with E-state index in [1.165, 1.54) is 90.8 Å². The molecule has 0 aromatic rings. The van der Waals surface area contributed by atoms with Gasteiger partial charge in [-0.2, -0.15) is 0 Å². The Balaban J connectivity index is 1.62. The molecule has 1 aliphatic carbocycles. The summed E-state index contributed by atoms with van der Waals surface area (Å²) in [7, 11) is 0. The molecule has 0 aromatic carbocycles. The van der Waals surface area contributed by atoms with Crippen molar-refractivity contribution in [3.8, 4) is 0 Å². The Morgan fingerprint density at radius 2 is 1.53 bits per heavy atom. The molecule has 1 saturated carbocycles. The quantitative estimate of drug-likeness (QED) is 0.838. The van der Waals surface area contributed by atoms with Gasteiger partial charge in [-0.25, -0.2) is 0 Å². The summed E-state index contributed by atoms with van der Waals surface area (Å²) in [6.45, 7) is 9.01. The average Bonchev–Trinajstić information content (AvgIpc) is 3.00. The van der Waals surface area contributed by atoms with E-state index in [1.54, 1.807) is 0 Å². The fourth-order valence-corrected chi connectivity index (χ4v) is 4.33. The molecule has 2 heterocycles. The number of nitrogens with one attached hydrogen (secondary N) is 1. The topological polar surface area (TPSA) is 18.5 Å². The van der Waals surface area contributed by atoms with Crippen LogP contribution < -0.4 is 5.32 Å². The molecule has 3 fully saturated rings. The molecule has 0 aromatic heterocycles. The van der Waals surface area contributed by atoms with E-state index in [4.69, 9.17) is 0 Å². The number of piperazine rings is 1. The van der Waals surface area contributed by atoms with E-state index in [0.717, 1.165) is 12.0 Å². The molecule has 0 radical (unpaired) electrons. The minimum Gasteiger partial charge on any atom is -0.314 e. The van der Waals surface area contributed by atoms with Gasteiger partial charge >= 0.3 is 0 Å². The van der Waals surface area contributed by atoms with Gasteiger partial charge in [-0.15, -0.1) is 0 Å². The summed E-state index contributed by atoms with van der Waals surface area (Å²) in [5, 5.41) is 3.51. The fraction of sp³-hybridized carbons (Fsp3) is 1.00. The molecule has 19 heavy (non-hydrogen) atoms. The molecule has 1 atom stereocenters. The first kappa shape index (κ1) is 13.8. The van der Waals surface area contributed by atoms with Crippen LogP contribution in [0.2, 0.25) is 0 Å². The Bertz CT molecular complexity index is 233. The van der Waals surface area contributed by atoms with Crippen molar-refractivity contribution in [2.24, 2.45) is 5.92 Å². The minimum atomic E-state index is 0.848. The number of hydrogen-bond acceptors (Lipinski definition) is 3. The molecule has 3 aliphatic rings. The number of hydrogen-bond donors (Lipinski definition) is 1. The van der Waals surface area contributed by atoms with Gasteiger partial charge in [-0.3, -0.25) is 4.90 Å². The highest BCUT2D eigenvalue weighted by molar-refractivity contribution is 4.87. The zero-order chi connectivity index (χ0) is 12.9. The van der Waals surface area contributed by atoms with Gasteiger partial charge in [0, 0.05) is 38.8 Å². The molecule has 3 nitrogen and oxygen atoms in total. The van der Waals surface area contributed by atoms with Crippen molar-refractivity contribution in [2.45, 2.75) is 51.0 Å². The van der Waals surface area contributed by atoms with Gasteiger partial charge in [-0.1, -0.05) is 19.3 Å². The van der Waals surface area contributed by atoms with Gasteiger partial charge in [-0.05, 0) is 44.7 Å². The third-order valence-corrected chi connectivity index (χ3v) is 5.46. The average molecular weight is 265 g/mol. The molecule has 1 N–H and O–H groups in total. The lowest BCUT2D eigenvalue weighted by Crippen LogP contribution is -2.54. The van der Waals surface area contributed by atoms with Gasteiger partial charge in [0.2, 0.25) is 0 Å². The molecular weight excluding hydrogens is 234 g/mol. The normalized spacial score (nSPS) is 29.7. The van der Waals surface area contributed by atoms with Crippen molar-refractivity contribution in [3.05, 3.63) is 0 Å². The molecule has 0 bridgehead atoms. The van der Waals surface area contributed by atoms with Gasteiger partial charge in [0.05, 0.1) is 0 Å². The van der Waals surface area contributed by atoms with Crippen LogP contribution in [-0.2, 0) is 0 Å². The third-order valence-electron chi connectivity index (χ3n) is 5.46. The van der Waals surface area contributed by atoms with Gasteiger partial charge in [0.25, 0.3) is 0 Å². The zero-order valence-electron chi connectivity index (χ0n) is 12.4. The Hall–Kier alpha value is -0.120. The fourth-order valence-electron chi connectivity index (χ4n) is 4.33. The second-order valence-corrected chi connectivity index (χ2v) is 6.76. The first-order valence-corrected chi connectivity index (χ1v) is 8.60. The molecule has 3 rings (SSSR count). The first-order valence-electron chi connectivity index (χ1n) is 8.60. The van der Waals surface area contributed by atoms with Crippen LogP contribution in [0, 0.1) is 5.92 Å². The van der Waals surface area contributed by atoms with Crippen molar-refractivity contribution in [3.63, 3.8) is 0 Å². The molecule has 0 amide bonds. The molecule has 0 spiro atoms. The van der Waals surface area contributed by atoms with E-state index in [0.29, 0.717) is 0 Å². The van der Waals surface area contributed by atoms with Crippen LogP contribution in [-0.4, -0.2) is 61.7 Å². The molecule has 2 aliphatic heterocycles. The van der Waals surface area contributed by atoms with Crippen molar-refractivity contribution >= 4 is 0 Å². The van der Waals surface area contributed by atoms with E-state index in [1.807, 2.05) is 0 Å². The van der Waals surface area contributed by atoms with Crippen molar-refractivity contribution in [1.82, 2.24) is 15.1 Å². The van der Waals surface area contributed by atoms with Crippen molar-refractivity contribution in [2.75, 3.05) is 45.8 Å². The predicted molar refractivity (Wildman–Crippen MR) is 80.5 cm³/mol. The van der Waals surface area contributed by atoms with Crippen LogP contribution in [0.3, 0.4) is 0 Å². The van der Waals surface area contributed by atoms with E-state index >= 15 is 0 Å². The lowest BCUT2D eigenvalue weighted by molar-refractivity contribution is 0.0757. The number of likely N-dealkylation sites (tertiary alicyclic amines) is 1. The third kappa shape index (κ3) is 3.71. The zero-order valence-corrected chi connectivity index (χ0v) is 12.4. The SMILES string of the molecule is C1CCC(C(CN2CCCC2)N2CCNCC2)CC1. The maximum Gasteiger partial charge on any atom is 0.0252 e. The second-order valence-electron chi connectivity index (χ2n) is 6.76.